The average Bonchev–Trinajstić information content (AvgIpc) is 2.99. The second kappa shape index (κ2) is 8.22. The van der Waals surface area contributed by atoms with Crippen molar-refractivity contribution in [3.63, 3.8) is 0 Å². The van der Waals surface area contributed by atoms with Gasteiger partial charge in [-0.25, -0.2) is 4.98 Å². The van der Waals surface area contributed by atoms with Gasteiger partial charge in [0.15, 0.2) is 11.5 Å². The van der Waals surface area contributed by atoms with Crippen molar-refractivity contribution in [3.8, 4) is 11.5 Å². The minimum atomic E-state index is 0.390. The van der Waals surface area contributed by atoms with Crippen molar-refractivity contribution in [1.82, 2.24) is 10.3 Å². The lowest BCUT2D eigenvalue weighted by atomic mass is 10.2. The summed E-state index contributed by atoms with van der Waals surface area (Å²) in [5.74, 6) is 1.21. The van der Waals surface area contributed by atoms with Crippen molar-refractivity contribution in [2.75, 3.05) is 13.7 Å². The van der Waals surface area contributed by atoms with Crippen LogP contribution in [0.25, 0.3) is 0 Å². The van der Waals surface area contributed by atoms with Crippen LogP contribution in [0.5, 0.6) is 11.5 Å². The van der Waals surface area contributed by atoms with Crippen molar-refractivity contribution in [2.24, 2.45) is 0 Å². The number of ether oxygens (including phenoxy) is 2. The molecule has 2 aromatic rings. The number of halogens is 1. The van der Waals surface area contributed by atoms with Gasteiger partial charge in [-0.15, -0.1) is 11.3 Å². The summed E-state index contributed by atoms with van der Waals surface area (Å²) >= 11 is 7.86. The van der Waals surface area contributed by atoms with Gasteiger partial charge in [0, 0.05) is 18.1 Å². The number of aromatic nitrogens is 1. The van der Waals surface area contributed by atoms with E-state index in [4.69, 9.17) is 21.1 Å². The standard InChI is InChI=1S/C15H19ClN2O2S/c1-3-4-17-9-11-7-12(16)15(13(8-11)19-2)20-10-14-18-5-6-21-14/h5-8,17H,3-4,9-10H2,1-2H3. The Morgan fingerprint density at radius 3 is 2.90 bits per heavy atom. The number of benzene rings is 1. The Labute approximate surface area is 134 Å². The molecular formula is C15H19ClN2O2S. The monoisotopic (exact) mass is 326 g/mol. The molecule has 1 aromatic heterocycles. The summed E-state index contributed by atoms with van der Waals surface area (Å²) in [4.78, 5) is 4.18. The van der Waals surface area contributed by atoms with Crippen LogP contribution in [0.15, 0.2) is 23.7 Å². The molecule has 21 heavy (non-hydrogen) atoms. The highest BCUT2D eigenvalue weighted by molar-refractivity contribution is 7.09. The van der Waals surface area contributed by atoms with Crippen molar-refractivity contribution in [2.45, 2.75) is 26.5 Å². The zero-order valence-corrected chi connectivity index (χ0v) is 13.8. The molecule has 114 valence electrons. The number of rotatable bonds is 8. The molecule has 0 radical (unpaired) electrons. The third-order valence-electron chi connectivity index (χ3n) is 2.87. The molecule has 0 unspecified atom stereocenters. The Morgan fingerprint density at radius 2 is 2.24 bits per heavy atom. The van der Waals surface area contributed by atoms with E-state index in [9.17, 15) is 0 Å². The van der Waals surface area contributed by atoms with E-state index in [1.807, 2.05) is 17.5 Å². The van der Waals surface area contributed by atoms with E-state index in [2.05, 4.69) is 17.2 Å². The van der Waals surface area contributed by atoms with Gasteiger partial charge < -0.3 is 14.8 Å². The molecule has 4 nitrogen and oxygen atoms in total. The van der Waals surface area contributed by atoms with Crippen molar-refractivity contribution < 1.29 is 9.47 Å². The molecule has 1 N–H and O–H groups in total. The largest absolute Gasteiger partial charge is 0.493 e. The summed E-state index contributed by atoms with van der Waals surface area (Å²) in [6, 6.07) is 3.86. The third-order valence-corrected chi connectivity index (χ3v) is 3.90. The first-order chi connectivity index (χ1) is 10.2. The maximum Gasteiger partial charge on any atom is 0.180 e. The lowest BCUT2D eigenvalue weighted by Gasteiger charge is -2.14. The SMILES string of the molecule is CCCNCc1cc(Cl)c(OCc2nccs2)c(OC)c1. The van der Waals surface area contributed by atoms with Gasteiger partial charge >= 0.3 is 0 Å². The molecule has 2 rings (SSSR count). The van der Waals surface area contributed by atoms with Gasteiger partial charge in [0.25, 0.3) is 0 Å². The Balaban J connectivity index is 2.09. The van der Waals surface area contributed by atoms with E-state index in [1.54, 1.807) is 24.6 Å². The zero-order valence-electron chi connectivity index (χ0n) is 12.2. The van der Waals surface area contributed by atoms with Gasteiger partial charge in [-0.3, -0.25) is 0 Å². The Bertz CT molecular complexity index is 561. The summed E-state index contributed by atoms with van der Waals surface area (Å²) in [6.07, 6.45) is 2.85. The Kier molecular flexibility index (Phi) is 6.29. The van der Waals surface area contributed by atoms with Crippen LogP contribution in [0.1, 0.15) is 23.9 Å². The number of nitrogens with zero attached hydrogens (tertiary/aromatic N) is 1. The molecule has 0 amide bonds. The Hall–Kier alpha value is -1.30. The number of thiazole rings is 1. The minimum Gasteiger partial charge on any atom is -0.493 e. The molecule has 0 aliphatic heterocycles. The van der Waals surface area contributed by atoms with Crippen LogP contribution in [0.4, 0.5) is 0 Å². The average molecular weight is 327 g/mol. The first-order valence-corrected chi connectivity index (χ1v) is 8.08. The highest BCUT2D eigenvalue weighted by Crippen LogP contribution is 2.37. The lowest BCUT2D eigenvalue weighted by Crippen LogP contribution is -2.14. The van der Waals surface area contributed by atoms with Gasteiger partial charge in [0.2, 0.25) is 0 Å². The number of hydrogen-bond donors (Lipinski definition) is 1. The summed E-state index contributed by atoms with van der Waals surface area (Å²) in [5.41, 5.74) is 1.08. The van der Waals surface area contributed by atoms with E-state index in [0.717, 1.165) is 30.1 Å². The predicted octanol–water partition coefficient (Wildman–Crippen LogP) is 3.88. The molecule has 1 aromatic carbocycles. The first kappa shape index (κ1) is 16.1. The molecule has 0 atom stereocenters. The van der Waals surface area contributed by atoms with E-state index in [0.29, 0.717) is 23.1 Å². The van der Waals surface area contributed by atoms with Crippen LogP contribution in [0, 0.1) is 0 Å². The number of hydrogen-bond acceptors (Lipinski definition) is 5. The van der Waals surface area contributed by atoms with Crippen LogP contribution >= 0.6 is 22.9 Å². The van der Waals surface area contributed by atoms with Gasteiger partial charge in [-0.1, -0.05) is 18.5 Å². The molecule has 0 spiro atoms. The minimum absolute atomic E-state index is 0.390. The van der Waals surface area contributed by atoms with Crippen molar-refractivity contribution in [1.29, 1.82) is 0 Å². The number of nitrogens with one attached hydrogen (secondary N) is 1. The van der Waals surface area contributed by atoms with Crippen LogP contribution in [-0.2, 0) is 13.2 Å². The highest BCUT2D eigenvalue weighted by atomic mass is 35.5. The summed E-state index contributed by atoms with van der Waals surface area (Å²) in [5, 5.41) is 6.72. The molecule has 0 saturated heterocycles. The molecule has 0 saturated carbocycles. The molecule has 0 fully saturated rings. The van der Waals surface area contributed by atoms with E-state index in [1.165, 1.54) is 0 Å². The first-order valence-electron chi connectivity index (χ1n) is 6.83. The van der Waals surface area contributed by atoms with E-state index < -0.39 is 0 Å². The van der Waals surface area contributed by atoms with Crippen LogP contribution in [0.3, 0.4) is 0 Å². The Morgan fingerprint density at radius 1 is 1.38 bits per heavy atom. The molecule has 0 aliphatic carbocycles. The van der Waals surface area contributed by atoms with Gasteiger partial charge in [0.05, 0.1) is 12.1 Å². The molecule has 6 heteroatoms. The fraction of sp³-hybridized carbons (Fsp3) is 0.400. The quantitative estimate of drug-likeness (QED) is 0.747. The summed E-state index contributed by atoms with van der Waals surface area (Å²) in [7, 11) is 1.62. The van der Waals surface area contributed by atoms with Crippen LogP contribution in [-0.4, -0.2) is 18.6 Å². The van der Waals surface area contributed by atoms with Gasteiger partial charge in [0.1, 0.15) is 11.6 Å². The molecule has 0 bridgehead atoms. The van der Waals surface area contributed by atoms with Crippen molar-refractivity contribution >= 4 is 22.9 Å². The topological polar surface area (TPSA) is 43.4 Å². The summed E-state index contributed by atoms with van der Waals surface area (Å²) in [6.45, 7) is 4.26. The fourth-order valence-electron chi connectivity index (χ4n) is 1.88. The fourth-order valence-corrected chi connectivity index (χ4v) is 2.70. The molecule has 1 heterocycles. The van der Waals surface area contributed by atoms with E-state index >= 15 is 0 Å². The second-order valence-corrected chi connectivity index (χ2v) is 5.89. The van der Waals surface area contributed by atoms with Gasteiger partial charge in [-0.05, 0) is 30.7 Å². The smallest absolute Gasteiger partial charge is 0.180 e. The van der Waals surface area contributed by atoms with Gasteiger partial charge in [-0.2, -0.15) is 0 Å². The summed E-state index contributed by atoms with van der Waals surface area (Å²) < 4.78 is 11.1. The predicted molar refractivity (Wildman–Crippen MR) is 86.4 cm³/mol. The maximum atomic E-state index is 6.32. The zero-order chi connectivity index (χ0) is 15.1. The second-order valence-electron chi connectivity index (χ2n) is 4.50. The normalized spacial score (nSPS) is 10.6. The maximum absolute atomic E-state index is 6.32. The van der Waals surface area contributed by atoms with Crippen molar-refractivity contribution in [3.05, 3.63) is 39.3 Å². The molecular weight excluding hydrogens is 308 g/mol. The highest BCUT2D eigenvalue weighted by Gasteiger charge is 2.12. The van der Waals surface area contributed by atoms with Crippen LogP contribution in [0.2, 0.25) is 5.02 Å². The number of methoxy groups -OCH3 is 1. The van der Waals surface area contributed by atoms with Crippen LogP contribution < -0.4 is 14.8 Å². The third kappa shape index (κ3) is 4.59. The van der Waals surface area contributed by atoms with E-state index in [-0.39, 0.29) is 0 Å². The molecule has 0 aliphatic rings. The lowest BCUT2D eigenvalue weighted by molar-refractivity contribution is 0.284.